The minimum atomic E-state index is -0.114. The van der Waals surface area contributed by atoms with Crippen molar-refractivity contribution in [2.45, 2.75) is 84.3 Å². The van der Waals surface area contributed by atoms with Gasteiger partial charge in [0.15, 0.2) is 0 Å². The quantitative estimate of drug-likeness (QED) is 0.717. The van der Waals surface area contributed by atoms with E-state index in [1.165, 1.54) is 20.0 Å². The van der Waals surface area contributed by atoms with Gasteiger partial charge < -0.3 is 9.47 Å². The van der Waals surface area contributed by atoms with Crippen molar-refractivity contribution in [2.75, 3.05) is 7.11 Å². The van der Waals surface area contributed by atoms with E-state index in [1.807, 2.05) is 0 Å². The maximum absolute atomic E-state index is 11.9. The van der Waals surface area contributed by atoms with Crippen LogP contribution in [-0.2, 0) is 19.1 Å². The van der Waals surface area contributed by atoms with E-state index in [0.717, 1.165) is 12.8 Å². The third-order valence-corrected chi connectivity index (χ3v) is 9.30. The van der Waals surface area contributed by atoms with Gasteiger partial charge in [-0.25, -0.2) is 0 Å². The summed E-state index contributed by atoms with van der Waals surface area (Å²) in [7, 11) is 1.48. The van der Waals surface area contributed by atoms with Crippen LogP contribution in [0.4, 0.5) is 0 Å². The molecule has 3 saturated carbocycles. The summed E-state index contributed by atoms with van der Waals surface area (Å²) in [4.78, 5) is 18.4. The van der Waals surface area contributed by atoms with Crippen molar-refractivity contribution in [3.63, 3.8) is 0 Å². The minimum absolute atomic E-state index is 0.0133. The highest BCUT2D eigenvalue weighted by Gasteiger charge is 2.76. The van der Waals surface area contributed by atoms with Crippen molar-refractivity contribution >= 4 is 5.97 Å². The number of carbonyl (C=O) groups excluding carboxylic acids is 1. The van der Waals surface area contributed by atoms with E-state index in [-0.39, 0.29) is 41.2 Å². The third kappa shape index (κ3) is 1.69. The molecule has 5 fully saturated rings. The molecule has 2 bridgehead atoms. The molecule has 2 aliphatic heterocycles. The molecule has 2 saturated heterocycles. The molecule has 0 N–H and O–H groups in total. The molecule has 5 heteroatoms. The molecule has 0 amide bonds. The maximum Gasteiger partial charge on any atom is 0.305 e. The summed E-state index contributed by atoms with van der Waals surface area (Å²) in [6.07, 6.45) is 5.43. The summed E-state index contributed by atoms with van der Waals surface area (Å²) in [5.74, 6) is 0.794. The highest BCUT2D eigenvalue weighted by molar-refractivity contribution is 5.69. The number of ether oxygens (including phenoxy) is 2. The van der Waals surface area contributed by atoms with Crippen LogP contribution in [0.5, 0.6) is 0 Å². The van der Waals surface area contributed by atoms with E-state index in [4.69, 9.17) is 14.3 Å². The zero-order valence-corrected chi connectivity index (χ0v) is 16.1. The van der Waals surface area contributed by atoms with Gasteiger partial charge in [-0.1, -0.05) is 27.7 Å². The molecule has 5 nitrogen and oxygen atoms in total. The standard InChI is InChI=1S/C20H31NO4/c1-18(2)12-8-9-19(18,3)16-15(12)21-17(24-16)20(4)11(10-14(22)23-5)6-7-13(20)25-21/h11-13,15-17H,6-10H2,1-5H3/t11?,12?,13?,15?,16-,17?,19?,20?/m1/s1. The average Bonchev–Trinajstić information content (AvgIpc) is 3.25. The van der Waals surface area contributed by atoms with Crippen molar-refractivity contribution < 1.29 is 19.1 Å². The zero-order chi connectivity index (χ0) is 17.8. The minimum Gasteiger partial charge on any atom is -0.469 e. The van der Waals surface area contributed by atoms with Crippen LogP contribution in [0.15, 0.2) is 0 Å². The molecule has 0 radical (unpaired) electrons. The zero-order valence-electron chi connectivity index (χ0n) is 16.1. The van der Waals surface area contributed by atoms with Crippen LogP contribution in [0, 0.1) is 28.1 Å². The van der Waals surface area contributed by atoms with Crippen LogP contribution < -0.4 is 0 Å². The van der Waals surface area contributed by atoms with E-state index in [1.54, 1.807) is 0 Å². The largest absolute Gasteiger partial charge is 0.469 e. The number of esters is 1. The van der Waals surface area contributed by atoms with Gasteiger partial charge in [0.2, 0.25) is 0 Å². The maximum atomic E-state index is 11.9. The fraction of sp³-hybridized carbons (Fsp3) is 0.950. The molecule has 5 aliphatic rings. The Bertz CT molecular complexity index is 621. The average molecular weight is 349 g/mol. The summed E-state index contributed by atoms with van der Waals surface area (Å²) < 4.78 is 11.7. The summed E-state index contributed by atoms with van der Waals surface area (Å²) in [5.41, 5.74) is 0.400. The first kappa shape index (κ1) is 16.5. The highest BCUT2D eigenvalue weighted by atomic mass is 16.8. The van der Waals surface area contributed by atoms with Crippen LogP contribution in [-0.4, -0.2) is 42.6 Å². The van der Waals surface area contributed by atoms with E-state index >= 15 is 0 Å². The van der Waals surface area contributed by atoms with Gasteiger partial charge in [-0.05, 0) is 42.9 Å². The second-order valence-electron chi connectivity index (χ2n) is 10.1. The van der Waals surface area contributed by atoms with Gasteiger partial charge in [0.1, 0.15) is 6.23 Å². The van der Waals surface area contributed by atoms with E-state index in [0.29, 0.717) is 23.8 Å². The van der Waals surface area contributed by atoms with Crippen LogP contribution in [0.3, 0.4) is 0 Å². The van der Waals surface area contributed by atoms with Gasteiger partial charge in [-0.2, -0.15) is 5.06 Å². The summed E-state index contributed by atoms with van der Waals surface area (Å²) >= 11 is 0. The number of carbonyl (C=O) groups is 1. The van der Waals surface area contributed by atoms with E-state index < -0.39 is 0 Å². The van der Waals surface area contributed by atoms with Crippen molar-refractivity contribution in [1.29, 1.82) is 0 Å². The summed E-state index contributed by atoms with van der Waals surface area (Å²) in [5, 5.41) is 2.23. The molecule has 8 atom stereocenters. The van der Waals surface area contributed by atoms with Crippen molar-refractivity contribution in [3.05, 3.63) is 0 Å². The molecule has 140 valence electrons. The number of rotatable bonds is 2. The third-order valence-electron chi connectivity index (χ3n) is 9.30. The van der Waals surface area contributed by atoms with Crippen LogP contribution >= 0.6 is 0 Å². The SMILES string of the molecule is COC(=O)CC1CCC2ON3C4C5CCC(C)([C@@H]4OC3C12C)C5(C)C. The fourth-order valence-electron chi connectivity index (χ4n) is 7.22. The molecule has 0 aromatic rings. The normalized spacial score (nSPS) is 55.2. The van der Waals surface area contributed by atoms with Gasteiger partial charge >= 0.3 is 5.97 Å². The van der Waals surface area contributed by atoms with Crippen molar-refractivity contribution in [2.24, 2.45) is 28.1 Å². The summed E-state index contributed by atoms with van der Waals surface area (Å²) in [6.45, 7) is 9.53. The lowest BCUT2D eigenvalue weighted by Crippen LogP contribution is -2.44. The molecular weight excluding hydrogens is 318 g/mol. The Balaban J connectivity index is 1.47. The monoisotopic (exact) mass is 349 g/mol. The predicted molar refractivity (Wildman–Crippen MR) is 91.2 cm³/mol. The van der Waals surface area contributed by atoms with Gasteiger partial charge in [-0.15, -0.1) is 0 Å². The lowest BCUT2D eigenvalue weighted by molar-refractivity contribution is -0.199. The second-order valence-corrected chi connectivity index (χ2v) is 10.1. The Morgan fingerprint density at radius 3 is 2.68 bits per heavy atom. The first-order chi connectivity index (χ1) is 11.7. The first-order valence-corrected chi connectivity index (χ1v) is 9.92. The number of hydrogen-bond acceptors (Lipinski definition) is 5. The Kier molecular flexibility index (Phi) is 3.16. The number of hydrogen-bond donors (Lipinski definition) is 0. The molecule has 0 spiro atoms. The smallest absolute Gasteiger partial charge is 0.305 e. The Hall–Kier alpha value is -0.650. The Morgan fingerprint density at radius 2 is 1.96 bits per heavy atom. The van der Waals surface area contributed by atoms with Crippen LogP contribution in [0.1, 0.15) is 59.8 Å². The van der Waals surface area contributed by atoms with Gasteiger partial charge in [0.05, 0.1) is 25.4 Å². The number of methoxy groups -OCH3 is 1. The van der Waals surface area contributed by atoms with Crippen LogP contribution in [0.2, 0.25) is 0 Å². The lowest BCUT2D eigenvalue weighted by Gasteiger charge is -2.40. The number of nitrogens with zero attached hydrogens (tertiary/aromatic N) is 1. The van der Waals surface area contributed by atoms with Gasteiger partial charge in [0, 0.05) is 17.3 Å². The summed E-state index contributed by atoms with van der Waals surface area (Å²) in [6, 6.07) is 0.375. The topological polar surface area (TPSA) is 48.0 Å². The van der Waals surface area contributed by atoms with Crippen molar-refractivity contribution in [1.82, 2.24) is 5.06 Å². The Labute approximate surface area is 150 Å². The molecule has 2 heterocycles. The molecule has 25 heavy (non-hydrogen) atoms. The van der Waals surface area contributed by atoms with E-state index in [9.17, 15) is 4.79 Å². The van der Waals surface area contributed by atoms with Crippen LogP contribution in [0.25, 0.3) is 0 Å². The van der Waals surface area contributed by atoms with Gasteiger partial charge in [0.25, 0.3) is 0 Å². The first-order valence-electron chi connectivity index (χ1n) is 9.92. The second kappa shape index (κ2) is 4.79. The lowest BCUT2D eigenvalue weighted by atomic mass is 9.70. The molecular formula is C20H31NO4. The molecule has 3 aliphatic carbocycles. The molecule has 0 aromatic heterocycles. The van der Waals surface area contributed by atoms with Gasteiger partial charge in [-0.3, -0.25) is 9.63 Å². The fourth-order valence-corrected chi connectivity index (χ4v) is 7.22. The van der Waals surface area contributed by atoms with E-state index in [2.05, 4.69) is 32.8 Å². The molecule has 5 rings (SSSR count). The highest BCUT2D eigenvalue weighted by Crippen LogP contribution is 2.72. The predicted octanol–water partition coefficient (Wildman–Crippen LogP) is 3.13. The number of hydroxylamine groups is 2. The molecule has 7 unspecified atom stereocenters. The molecule has 0 aromatic carbocycles. The number of fused-ring (bicyclic) bond motifs is 9. The van der Waals surface area contributed by atoms with Crippen molar-refractivity contribution in [3.8, 4) is 0 Å². The Morgan fingerprint density at radius 1 is 1.20 bits per heavy atom.